The van der Waals surface area contributed by atoms with E-state index in [0.29, 0.717) is 5.56 Å². The maximum Gasteiger partial charge on any atom is 0.240 e. The van der Waals surface area contributed by atoms with Crippen molar-refractivity contribution in [1.29, 1.82) is 0 Å². The molecule has 1 heterocycles. The highest BCUT2D eigenvalue weighted by atomic mass is 32.2. The fourth-order valence-electron chi connectivity index (χ4n) is 2.37. The van der Waals surface area contributed by atoms with Crippen LogP contribution >= 0.6 is 0 Å². The van der Waals surface area contributed by atoms with E-state index in [9.17, 15) is 13.2 Å². The van der Waals surface area contributed by atoms with Crippen LogP contribution < -0.4 is 4.72 Å². The second kappa shape index (κ2) is 6.37. The molecule has 1 fully saturated rings. The lowest BCUT2D eigenvalue weighted by Crippen LogP contribution is -2.46. The smallest absolute Gasteiger partial charge is 0.240 e. The summed E-state index contributed by atoms with van der Waals surface area (Å²) in [5.74, 6) is -0.245. The van der Waals surface area contributed by atoms with Crippen LogP contribution in [0.2, 0.25) is 0 Å². The van der Waals surface area contributed by atoms with Gasteiger partial charge in [0, 0.05) is 13.1 Å². The summed E-state index contributed by atoms with van der Waals surface area (Å²) < 4.78 is 26.6. The quantitative estimate of drug-likeness (QED) is 0.885. The molecule has 0 radical (unpaired) electrons. The van der Waals surface area contributed by atoms with E-state index in [1.807, 2.05) is 6.07 Å². The molecule has 0 aromatic heterocycles. The molecule has 0 bridgehead atoms. The first-order valence-corrected chi connectivity index (χ1v) is 8.46. The molecule has 1 aliphatic heterocycles. The molecule has 1 aromatic carbocycles. The Morgan fingerprint density at radius 1 is 1.25 bits per heavy atom. The zero-order valence-electron chi connectivity index (χ0n) is 11.6. The lowest BCUT2D eigenvalue weighted by molar-refractivity contribution is -0.131. The van der Waals surface area contributed by atoms with Gasteiger partial charge in [-0.2, -0.15) is 0 Å². The van der Waals surface area contributed by atoms with Crippen LogP contribution in [-0.4, -0.2) is 38.4 Å². The van der Waals surface area contributed by atoms with Gasteiger partial charge in [-0.25, -0.2) is 13.1 Å². The summed E-state index contributed by atoms with van der Waals surface area (Å²) in [4.78, 5) is 13.8. The minimum Gasteiger partial charge on any atom is -0.341 e. The van der Waals surface area contributed by atoms with Crippen LogP contribution in [0.1, 0.15) is 25.3 Å². The van der Waals surface area contributed by atoms with Gasteiger partial charge in [-0.15, -0.1) is 0 Å². The SMILES string of the molecule is CC(NS(=O)(=O)Cc1ccccc1)C(=O)N1CCCC1. The summed E-state index contributed by atoms with van der Waals surface area (Å²) in [6, 6.07) is 8.23. The molecular formula is C14H20N2O3S. The van der Waals surface area contributed by atoms with Gasteiger partial charge >= 0.3 is 0 Å². The number of rotatable bonds is 5. The molecule has 5 nitrogen and oxygen atoms in total. The Labute approximate surface area is 120 Å². The molecule has 1 amide bonds. The van der Waals surface area contributed by atoms with E-state index < -0.39 is 16.1 Å². The van der Waals surface area contributed by atoms with E-state index in [4.69, 9.17) is 0 Å². The van der Waals surface area contributed by atoms with E-state index in [2.05, 4.69) is 4.72 Å². The number of likely N-dealkylation sites (tertiary alicyclic amines) is 1. The number of nitrogens with zero attached hydrogens (tertiary/aromatic N) is 1. The number of nitrogens with one attached hydrogen (secondary N) is 1. The first-order valence-electron chi connectivity index (χ1n) is 6.81. The number of hydrogen-bond acceptors (Lipinski definition) is 3. The predicted molar refractivity (Wildman–Crippen MR) is 77.5 cm³/mol. The highest BCUT2D eigenvalue weighted by Gasteiger charge is 2.26. The third kappa shape index (κ3) is 4.05. The van der Waals surface area contributed by atoms with Crippen molar-refractivity contribution in [2.24, 2.45) is 0 Å². The molecule has 1 aromatic rings. The van der Waals surface area contributed by atoms with E-state index in [1.54, 1.807) is 36.1 Å². The first-order chi connectivity index (χ1) is 9.48. The van der Waals surface area contributed by atoms with Gasteiger partial charge in [0.1, 0.15) is 0 Å². The van der Waals surface area contributed by atoms with E-state index >= 15 is 0 Å². The molecule has 0 spiro atoms. The number of sulfonamides is 1. The Morgan fingerprint density at radius 2 is 1.85 bits per heavy atom. The van der Waals surface area contributed by atoms with Gasteiger partial charge in [0.25, 0.3) is 0 Å². The van der Waals surface area contributed by atoms with E-state index in [0.717, 1.165) is 25.9 Å². The molecule has 0 saturated carbocycles. The van der Waals surface area contributed by atoms with Crippen LogP contribution in [0.15, 0.2) is 30.3 Å². The van der Waals surface area contributed by atoms with Gasteiger partial charge in [0.05, 0.1) is 11.8 Å². The molecule has 1 unspecified atom stereocenters. The summed E-state index contributed by atoms with van der Waals surface area (Å²) in [5.41, 5.74) is 0.709. The molecule has 2 rings (SSSR count). The molecular weight excluding hydrogens is 276 g/mol. The second-order valence-electron chi connectivity index (χ2n) is 5.12. The summed E-state index contributed by atoms with van der Waals surface area (Å²) >= 11 is 0. The highest BCUT2D eigenvalue weighted by Crippen LogP contribution is 2.10. The second-order valence-corrected chi connectivity index (χ2v) is 6.87. The van der Waals surface area contributed by atoms with Crippen LogP contribution in [-0.2, 0) is 20.6 Å². The topological polar surface area (TPSA) is 66.5 Å². The molecule has 110 valence electrons. The first kappa shape index (κ1) is 15.0. The Balaban J connectivity index is 1.95. The van der Waals surface area contributed by atoms with Crippen LogP contribution in [0, 0.1) is 0 Å². The van der Waals surface area contributed by atoms with Crippen molar-refractivity contribution < 1.29 is 13.2 Å². The van der Waals surface area contributed by atoms with Crippen molar-refractivity contribution in [2.75, 3.05) is 13.1 Å². The number of hydrogen-bond donors (Lipinski definition) is 1. The Kier molecular flexibility index (Phi) is 4.77. The van der Waals surface area contributed by atoms with E-state index in [1.165, 1.54) is 0 Å². The van der Waals surface area contributed by atoms with Crippen LogP contribution in [0.3, 0.4) is 0 Å². The molecule has 6 heteroatoms. The van der Waals surface area contributed by atoms with E-state index in [-0.39, 0.29) is 11.7 Å². The van der Waals surface area contributed by atoms with Gasteiger partial charge in [0.15, 0.2) is 0 Å². The average molecular weight is 296 g/mol. The van der Waals surface area contributed by atoms with Gasteiger partial charge in [-0.1, -0.05) is 30.3 Å². The molecule has 0 aliphatic carbocycles. The van der Waals surface area contributed by atoms with Crippen molar-refractivity contribution in [3.63, 3.8) is 0 Å². The Morgan fingerprint density at radius 3 is 2.45 bits per heavy atom. The van der Waals surface area contributed by atoms with Gasteiger partial charge in [0.2, 0.25) is 15.9 Å². The number of carbonyl (C=O) groups is 1. The van der Waals surface area contributed by atoms with Crippen molar-refractivity contribution in [1.82, 2.24) is 9.62 Å². The average Bonchev–Trinajstić information content (AvgIpc) is 2.91. The summed E-state index contributed by atoms with van der Waals surface area (Å²) in [5, 5.41) is 0. The summed E-state index contributed by atoms with van der Waals surface area (Å²) in [6.07, 6.45) is 1.99. The molecule has 1 saturated heterocycles. The summed E-state index contributed by atoms with van der Waals surface area (Å²) in [6.45, 7) is 3.05. The largest absolute Gasteiger partial charge is 0.341 e. The fraction of sp³-hybridized carbons (Fsp3) is 0.500. The van der Waals surface area contributed by atoms with Gasteiger partial charge in [-0.3, -0.25) is 4.79 Å². The van der Waals surface area contributed by atoms with Crippen molar-refractivity contribution in [2.45, 2.75) is 31.6 Å². The third-order valence-corrected chi connectivity index (χ3v) is 4.77. The van der Waals surface area contributed by atoms with Crippen molar-refractivity contribution in [3.8, 4) is 0 Å². The van der Waals surface area contributed by atoms with Crippen molar-refractivity contribution in [3.05, 3.63) is 35.9 Å². The van der Waals surface area contributed by atoms with Gasteiger partial charge in [-0.05, 0) is 25.3 Å². The van der Waals surface area contributed by atoms with Crippen LogP contribution in [0.25, 0.3) is 0 Å². The standard InChI is InChI=1S/C14H20N2O3S/c1-12(14(17)16-9-5-6-10-16)15-20(18,19)11-13-7-3-2-4-8-13/h2-4,7-8,12,15H,5-6,9-11H2,1H3. The lowest BCUT2D eigenvalue weighted by Gasteiger charge is -2.21. The molecule has 1 atom stereocenters. The molecule has 20 heavy (non-hydrogen) atoms. The predicted octanol–water partition coefficient (Wildman–Crippen LogP) is 1.12. The summed E-state index contributed by atoms with van der Waals surface area (Å²) in [7, 11) is -3.51. The van der Waals surface area contributed by atoms with Crippen LogP contribution in [0.4, 0.5) is 0 Å². The highest BCUT2D eigenvalue weighted by molar-refractivity contribution is 7.88. The van der Waals surface area contributed by atoms with Crippen LogP contribution in [0.5, 0.6) is 0 Å². The van der Waals surface area contributed by atoms with Gasteiger partial charge < -0.3 is 4.90 Å². The normalized spacial score (nSPS) is 17.1. The minimum atomic E-state index is -3.51. The number of benzene rings is 1. The molecule has 1 N–H and O–H groups in total. The Bertz CT molecular complexity index is 551. The number of carbonyl (C=O) groups excluding carboxylic acids is 1. The maximum absolute atomic E-state index is 12.1. The number of amides is 1. The lowest BCUT2D eigenvalue weighted by atomic mass is 10.2. The fourth-order valence-corrected chi connectivity index (χ4v) is 3.72. The third-order valence-electron chi connectivity index (χ3n) is 3.34. The van der Waals surface area contributed by atoms with Crippen molar-refractivity contribution >= 4 is 15.9 Å². The maximum atomic E-state index is 12.1. The zero-order chi connectivity index (χ0) is 14.6. The Hall–Kier alpha value is -1.40. The molecule has 1 aliphatic rings. The minimum absolute atomic E-state index is 0.106. The zero-order valence-corrected chi connectivity index (χ0v) is 12.4. The monoisotopic (exact) mass is 296 g/mol.